The van der Waals surface area contributed by atoms with E-state index in [1.165, 1.54) is 0 Å². The van der Waals surface area contributed by atoms with E-state index in [2.05, 4.69) is 31.3 Å². The predicted molar refractivity (Wildman–Crippen MR) is 223 cm³/mol. The van der Waals surface area contributed by atoms with Crippen molar-refractivity contribution in [2.45, 2.75) is 102 Å². The van der Waals surface area contributed by atoms with Gasteiger partial charge < -0.3 is 63.7 Å². The topological polar surface area (TPSA) is 304 Å². The molecule has 0 aromatic heterocycles. The third kappa shape index (κ3) is 14.3. The van der Waals surface area contributed by atoms with Crippen LogP contribution in [0.3, 0.4) is 0 Å². The Labute approximate surface area is 346 Å². The highest BCUT2D eigenvalue weighted by molar-refractivity contribution is 6.18. The van der Waals surface area contributed by atoms with Crippen molar-refractivity contribution < 1.29 is 38.7 Å². The number of benzene rings is 2. The van der Waals surface area contributed by atoms with Crippen LogP contribution < -0.4 is 44.2 Å². The Balaban J connectivity index is 1.41. The number of rotatable bonds is 24. The van der Waals surface area contributed by atoms with Crippen LogP contribution in [0.5, 0.6) is 11.5 Å². The van der Waals surface area contributed by atoms with Gasteiger partial charge in [-0.25, -0.2) is 0 Å². The van der Waals surface area contributed by atoms with Crippen molar-refractivity contribution in [1.82, 2.24) is 21.3 Å². The highest BCUT2D eigenvalue weighted by atomic mass is 16.6. The van der Waals surface area contributed by atoms with Gasteiger partial charge in [-0.3, -0.25) is 29.2 Å². The first-order valence-electron chi connectivity index (χ1n) is 20.3. The lowest BCUT2D eigenvalue weighted by Gasteiger charge is -2.31. The third-order valence-corrected chi connectivity index (χ3v) is 10.8. The lowest BCUT2D eigenvalue weighted by Crippen LogP contribution is -2.54. The van der Waals surface area contributed by atoms with Gasteiger partial charge in [-0.2, -0.15) is 0 Å². The molecule has 0 aliphatic heterocycles. The number of nitrogens with one attached hydrogen (secondary N) is 4. The van der Waals surface area contributed by atoms with Gasteiger partial charge in [0.25, 0.3) is 0 Å². The lowest BCUT2D eigenvalue weighted by molar-refractivity contribution is -0.146. The standard InChI is InChI=1S/C40H60BN10O8/c42-37(43)48-23-5-7-31(50-35(56)39(19-1-2-20-39)33(54)46-25-17-27-9-13-29(52)14-10-27)58-41-59-32(8-6-24-49-38(44)45)51-36(57)40(21-3-4-22-40)34(55)47-26-18-28-11-15-30(53)16-12-28/h9-16,31-32,52-53H,1-8,17-26H2,(H,46,54)(H,47,55)(H,50,56)(H,51,57)(H4,42,43,48)(H4,44,45,49). The van der Waals surface area contributed by atoms with E-state index in [0.717, 1.165) is 18.8 Å². The number of carbonyl (C=O) groups is 4. The molecule has 0 saturated heterocycles. The number of nitrogens with zero attached hydrogens (tertiary/aromatic N) is 2. The molecule has 2 atom stereocenters. The van der Waals surface area contributed by atoms with E-state index in [4.69, 9.17) is 32.2 Å². The first-order chi connectivity index (χ1) is 28.3. The number of hydrogen-bond acceptors (Lipinski definition) is 10. The SMILES string of the molecule is NC(N)=NCCCC(NC(=O)C1(C(=O)NCCc2ccc(O)cc2)CCCC1)O[B]OC(CCCN=C(N)N)NC(=O)C1(C(=O)NCCc2ccc(O)cc2)CCCC1. The van der Waals surface area contributed by atoms with E-state index in [1.807, 2.05) is 0 Å². The molecule has 0 heterocycles. The molecule has 4 rings (SSSR count). The van der Waals surface area contributed by atoms with Gasteiger partial charge in [-0.15, -0.1) is 0 Å². The zero-order valence-electron chi connectivity index (χ0n) is 33.6. The monoisotopic (exact) mass is 819 g/mol. The Morgan fingerprint density at radius 1 is 0.610 bits per heavy atom. The molecule has 0 spiro atoms. The van der Waals surface area contributed by atoms with Gasteiger partial charge in [-0.05, 0) is 99.6 Å². The van der Waals surface area contributed by atoms with Crippen LogP contribution in [0.4, 0.5) is 0 Å². The van der Waals surface area contributed by atoms with Gasteiger partial charge in [0.15, 0.2) is 11.9 Å². The van der Waals surface area contributed by atoms with E-state index >= 15 is 0 Å². The zero-order chi connectivity index (χ0) is 42.7. The Morgan fingerprint density at radius 2 is 0.966 bits per heavy atom. The number of phenols is 2. The maximum atomic E-state index is 14.0. The summed E-state index contributed by atoms with van der Waals surface area (Å²) in [6, 6.07) is 13.4. The minimum Gasteiger partial charge on any atom is -0.508 e. The summed E-state index contributed by atoms with van der Waals surface area (Å²) in [6.45, 7) is 1.12. The molecule has 14 N–H and O–H groups in total. The van der Waals surface area contributed by atoms with E-state index in [-0.39, 0.29) is 61.2 Å². The van der Waals surface area contributed by atoms with Gasteiger partial charge in [0.05, 0.1) is 0 Å². The number of guanidine groups is 2. The number of carbonyl (C=O) groups excluding carboxylic acids is 4. The smallest absolute Gasteiger partial charge is 0.491 e. The molecular formula is C40H60BN10O8. The maximum absolute atomic E-state index is 14.0. The van der Waals surface area contributed by atoms with Crippen LogP contribution in [-0.4, -0.2) is 92.1 Å². The van der Waals surface area contributed by atoms with Gasteiger partial charge in [0.2, 0.25) is 23.6 Å². The Hall–Kier alpha value is -5.56. The van der Waals surface area contributed by atoms with Crippen molar-refractivity contribution >= 4 is 43.2 Å². The second-order valence-corrected chi connectivity index (χ2v) is 15.1. The molecule has 2 aromatic rings. The molecule has 19 heteroatoms. The molecule has 321 valence electrons. The number of phenolic OH excluding ortho intramolecular Hbond substituents is 2. The molecule has 2 unspecified atom stereocenters. The summed E-state index contributed by atoms with van der Waals surface area (Å²) in [5.74, 6) is -1.59. The Bertz CT molecular complexity index is 1600. The highest BCUT2D eigenvalue weighted by Gasteiger charge is 2.49. The van der Waals surface area contributed by atoms with Crippen molar-refractivity contribution in [1.29, 1.82) is 0 Å². The van der Waals surface area contributed by atoms with Crippen LogP contribution in [0.25, 0.3) is 0 Å². The van der Waals surface area contributed by atoms with E-state index in [1.54, 1.807) is 48.5 Å². The van der Waals surface area contributed by atoms with Crippen molar-refractivity contribution in [2.75, 3.05) is 26.2 Å². The molecule has 0 bridgehead atoms. The van der Waals surface area contributed by atoms with Gasteiger partial charge in [0.1, 0.15) is 34.8 Å². The van der Waals surface area contributed by atoms with E-state index < -0.39 is 35.1 Å². The Kier molecular flexibility index (Phi) is 18.1. The fourth-order valence-corrected chi connectivity index (χ4v) is 7.43. The quantitative estimate of drug-likeness (QED) is 0.0176. The summed E-state index contributed by atoms with van der Waals surface area (Å²) in [5.41, 5.74) is 21.3. The molecule has 1 radical (unpaired) electrons. The molecule has 18 nitrogen and oxygen atoms in total. The molecule has 2 saturated carbocycles. The predicted octanol–water partition coefficient (Wildman–Crippen LogP) is 0.795. The molecule has 2 aromatic carbocycles. The molecule has 59 heavy (non-hydrogen) atoms. The fourth-order valence-electron chi connectivity index (χ4n) is 7.43. The number of hydrogen-bond donors (Lipinski definition) is 10. The number of aromatic hydroxyl groups is 2. The van der Waals surface area contributed by atoms with Crippen LogP contribution in [0.2, 0.25) is 0 Å². The summed E-state index contributed by atoms with van der Waals surface area (Å²) >= 11 is 0. The average Bonchev–Trinajstić information content (AvgIpc) is 3.92. The molecule has 4 amide bonds. The molecule has 2 aliphatic rings. The zero-order valence-corrected chi connectivity index (χ0v) is 33.6. The maximum Gasteiger partial charge on any atom is 0.491 e. The average molecular weight is 820 g/mol. The molecule has 2 aliphatic carbocycles. The first-order valence-corrected chi connectivity index (χ1v) is 20.3. The fraction of sp³-hybridized carbons (Fsp3) is 0.550. The van der Waals surface area contributed by atoms with Crippen molar-refractivity contribution in [2.24, 2.45) is 43.7 Å². The summed E-state index contributed by atoms with van der Waals surface area (Å²) in [7, 11) is 1.04. The van der Waals surface area contributed by atoms with E-state index in [0.29, 0.717) is 90.1 Å². The van der Waals surface area contributed by atoms with Gasteiger partial charge >= 0.3 is 7.69 Å². The minimum absolute atomic E-state index is 0.0827. The second-order valence-electron chi connectivity index (χ2n) is 15.1. The number of nitrogens with two attached hydrogens (primary N) is 4. The molecular weight excluding hydrogens is 759 g/mol. The summed E-state index contributed by atoms with van der Waals surface area (Å²) < 4.78 is 11.9. The van der Waals surface area contributed by atoms with Crippen molar-refractivity contribution in [3.8, 4) is 11.5 Å². The summed E-state index contributed by atoms with van der Waals surface area (Å²) in [5, 5.41) is 30.8. The van der Waals surface area contributed by atoms with Crippen LogP contribution in [0, 0.1) is 10.8 Å². The Morgan fingerprint density at radius 3 is 1.31 bits per heavy atom. The lowest BCUT2D eigenvalue weighted by atomic mass is 9.83. The molecule has 2 fully saturated rings. The minimum atomic E-state index is -1.31. The van der Waals surface area contributed by atoms with E-state index in [9.17, 15) is 29.4 Å². The van der Waals surface area contributed by atoms with Crippen molar-refractivity contribution in [3.05, 3.63) is 59.7 Å². The van der Waals surface area contributed by atoms with Gasteiger partial charge in [-0.1, -0.05) is 49.9 Å². The highest BCUT2D eigenvalue weighted by Crippen LogP contribution is 2.40. The van der Waals surface area contributed by atoms with Crippen LogP contribution in [0.15, 0.2) is 58.5 Å². The number of aliphatic imine (C=N–C) groups is 2. The summed E-state index contributed by atoms with van der Waals surface area (Å²) in [6.07, 6.45) is 4.66. The first kappa shape index (κ1) is 46.1. The van der Waals surface area contributed by atoms with Crippen LogP contribution >= 0.6 is 0 Å². The summed E-state index contributed by atoms with van der Waals surface area (Å²) in [4.78, 5) is 63.2. The van der Waals surface area contributed by atoms with Gasteiger partial charge in [0, 0.05) is 26.2 Å². The van der Waals surface area contributed by atoms with Crippen LogP contribution in [0.1, 0.15) is 88.2 Å². The van der Waals surface area contributed by atoms with Crippen molar-refractivity contribution in [3.63, 3.8) is 0 Å². The number of amides is 4. The normalized spacial score (nSPS) is 16.2. The van der Waals surface area contributed by atoms with Crippen LogP contribution in [-0.2, 0) is 41.3 Å². The second kappa shape index (κ2) is 23.1. The largest absolute Gasteiger partial charge is 0.508 e. The third-order valence-electron chi connectivity index (χ3n) is 10.8.